The van der Waals surface area contributed by atoms with E-state index in [9.17, 15) is 9.50 Å². The van der Waals surface area contributed by atoms with E-state index in [4.69, 9.17) is 4.74 Å². The molecule has 1 aromatic rings. The molecule has 20 heavy (non-hydrogen) atoms. The third kappa shape index (κ3) is 4.18. The number of nitrogens with zero attached hydrogens (tertiary/aromatic N) is 1. The average molecular weight is 281 g/mol. The normalized spacial score (nSPS) is 16.4. The van der Waals surface area contributed by atoms with E-state index in [-0.39, 0.29) is 11.9 Å². The molecule has 0 saturated heterocycles. The van der Waals surface area contributed by atoms with Crippen molar-refractivity contribution in [1.29, 1.82) is 0 Å². The van der Waals surface area contributed by atoms with Crippen LogP contribution in [0, 0.1) is 5.82 Å². The first-order chi connectivity index (χ1) is 9.63. The van der Waals surface area contributed by atoms with Gasteiger partial charge in [-0.2, -0.15) is 0 Å². The van der Waals surface area contributed by atoms with Crippen LogP contribution in [0.5, 0.6) is 5.75 Å². The number of rotatable bonds is 8. The summed E-state index contributed by atoms with van der Waals surface area (Å²) in [5.41, 5.74) is 0.623. The predicted molar refractivity (Wildman–Crippen MR) is 77.4 cm³/mol. The van der Waals surface area contributed by atoms with E-state index in [0.717, 1.165) is 32.5 Å². The third-order valence-electron chi connectivity index (χ3n) is 3.77. The molecular formula is C16H24FNO2. The molecule has 0 heterocycles. The minimum atomic E-state index is -0.625. The lowest BCUT2D eigenvalue weighted by Crippen LogP contribution is -2.25. The maximum Gasteiger partial charge on any atom is 0.165 e. The van der Waals surface area contributed by atoms with Crippen molar-refractivity contribution in [1.82, 2.24) is 4.90 Å². The summed E-state index contributed by atoms with van der Waals surface area (Å²) in [6.45, 7) is 6.94. The lowest BCUT2D eigenvalue weighted by Gasteiger charge is -2.20. The van der Waals surface area contributed by atoms with Gasteiger partial charge in [0.15, 0.2) is 11.6 Å². The summed E-state index contributed by atoms with van der Waals surface area (Å²) >= 11 is 0. The summed E-state index contributed by atoms with van der Waals surface area (Å²) in [5, 5.41) is 10.1. The van der Waals surface area contributed by atoms with Crippen molar-refractivity contribution in [2.24, 2.45) is 0 Å². The van der Waals surface area contributed by atoms with Gasteiger partial charge in [-0.05, 0) is 50.0 Å². The first-order valence-corrected chi connectivity index (χ1v) is 7.50. The molecule has 0 amide bonds. The summed E-state index contributed by atoms with van der Waals surface area (Å²) in [4.78, 5) is 2.24. The van der Waals surface area contributed by atoms with Crippen molar-refractivity contribution < 1.29 is 14.2 Å². The molecule has 0 aliphatic heterocycles. The smallest absolute Gasteiger partial charge is 0.165 e. The summed E-state index contributed by atoms with van der Waals surface area (Å²) in [6.07, 6.45) is 2.19. The zero-order valence-corrected chi connectivity index (χ0v) is 12.3. The van der Waals surface area contributed by atoms with E-state index in [2.05, 4.69) is 18.7 Å². The lowest BCUT2D eigenvalue weighted by molar-refractivity contribution is 0.144. The van der Waals surface area contributed by atoms with Gasteiger partial charge in [0.05, 0.1) is 12.2 Å². The van der Waals surface area contributed by atoms with Crippen LogP contribution < -0.4 is 4.74 Å². The zero-order valence-electron chi connectivity index (χ0n) is 12.3. The maximum absolute atomic E-state index is 13.9. The number of aliphatic hydroxyl groups is 1. The Bertz CT molecular complexity index is 430. The Kier molecular flexibility index (Phi) is 5.38. The second-order valence-corrected chi connectivity index (χ2v) is 5.34. The van der Waals surface area contributed by atoms with Crippen LogP contribution in [-0.4, -0.2) is 35.7 Å². The number of hydrogen-bond donors (Lipinski definition) is 1. The summed E-state index contributed by atoms with van der Waals surface area (Å²) < 4.78 is 19.3. The van der Waals surface area contributed by atoms with E-state index < -0.39 is 6.10 Å². The van der Waals surface area contributed by atoms with Crippen molar-refractivity contribution in [2.45, 2.75) is 45.3 Å². The van der Waals surface area contributed by atoms with Gasteiger partial charge in [-0.15, -0.1) is 0 Å². The van der Waals surface area contributed by atoms with E-state index in [1.807, 2.05) is 0 Å². The fourth-order valence-corrected chi connectivity index (χ4v) is 2.20. The van der Waals surface area contributed by atoms with E-state index >= 15 is 0 Å². The van der Waals surface area contributed by atoms with Crippen molar-refractivity contribution in [3.8, 4) is 5.75 Å². The average Bonchev–Trinajstić information content (AvgIpc) is 3.26. The van der Waals surface area contributed by atoms with Crippen molar-refractivity contribution in [3.05, 3.63) is 29.6 Å². The zero-order chi connectivity index (χ0) is 14.5. The van der Waals surface area contributed by atoms with Gasteiger partial charge in [-0.25, -0.2) is 4.39 Å². The Labute approximate surface area is 120 Å². The maximum atomic E-state index is 13.9. The molecule has 0 bridgehead atoms. The number of aliphatic hydroxyl groups excluding tert-OH is 1. The molecule has 0 aromatic heterocycles. The number of ether oxygens (including phenoxy) is 1. The highest BCUT2D eigenvalue weighted by molar-refractivity contribution is 5.31. The molecule has 0 spiro atoms. The highest BCUT2D eigenvalue weighted by atomic mass is 19.1. The van der Waals surface area contributed by atoms with Gasteiger partial charge in [0.1, 0.15) is 0 Å². The number of hydrogen-bond acceptors (Lipinski definition) is 3. The number of halogens is 1. The molecule has 1 N–H and O–H groups in total. The quantitative estimate of drug-likeness (QED) is 0.794. The fourth-order valence-electron chi connectivity index (χ4n) is 2.20. The first kappa shape index (κ1) is 15.3. The van der Waals surface area contributed by atoms with E-state index in [1.165, 1.54) is 6.07 Å². The predicted octanol–water partition coefficient (Wildman–Crippen LogP) is 3.13. The Hall–Kier alpha value is -1.13. The first-order valence-electron chi connectivity index (χ1n) is 7.50. The lowest BCUT2D eigenvalue weighted by atomic mass is 10.1. The monoisotopic (exact) mass is 281 g/mol. The van der Waals surface area contributed by atoms with Crippen LogP contribution in [0.25, 0.3) is 0 Å². The van der Waals surface area contributed by atoms with Gasteiger partial charge >= 0.3 is 0 Å². The van der Waals surface area contributed by atoms with Crippen LogP contribution in [0.1, 0.15) is 44.8 Å². The molecule has 0 radical (unpaired) electrons. The Morgan fingerprint density at radius 2 is 2.05 bits per heavy atom. The van der Waals surface area contributed by atoms with Gasteiger partial charge in [0.2, 0.25) is 0 Å². The van der Waals surface area contributed by atoms with Crippen LogP contribution in [0.4, 0.5) is 4.39 Å². The highest BCUT2D eigenvalue weighted by Gasteiger charge is 2.25. The molecule has 1 fully saturated rings. The van der Waals surface area contributed by atoms with Gasteiger partial charge < -0.3 is 14.7 Å². The minimum Gasteiger partial charge on any atom is -0.487 e. The topological polar surface area (TPSA) is 32.7 Å². The van der Waals surface area contributed by atoms with Crippen LogP contribution >= 0.6 is 0 Å². The molecule has 112 valence electrons. The van der Waals surface area contributed by atoms with Crippen molar-refractivity contribution >= 4 is 0 Å². The Morgan fingerprint density at radius 1 is 1.35 bits per heavy atom. The second-order valence-electron chi connectivity index (χ2n) is 5.34. The molecule has 1 atom stereocenters. The summed E-state index contributed by atoms with van der Waals surface area (Å²) in [7, 11) is 0. The summed E-state index contributed by atoms with van der Waals surface area (Å²) in [5.74, 6) is -0.0801. The molecule has 3 nitrogen and oxygen atoms in total. The Morgan fingerprint density at radius 3 is 2.60 bits per heavy atom. The van der Waals surface area contributed by atoms with E-state index in [1.54, 1.807) is 12.1 Å². The van der Waals surface area contributed by atoms with Crippen LogP contribution in [0.3, 0.4) is 0 Å². The van der Waals surface area contributed by atoms with Gasteiger partial charge in [-0.3, -0.25) is 0 Å². The Balaban J connectivity index is 1.91. The molecule has 1 aliphatic rings. The van der Waals surface area contributed by atoms with Gasteiger partial charge in [-0.1, -0.05) is 19.9 Å². The van der Waals surface area contributed by atoms with E-state index in [0.29, 0.717) is 17.7 Å². The van der Waals surface area contributed by atoms with Gasteiger partial charge in [0.25, 0.3) is 0 Å². The van der Waals surface area contributed by atoms with Crippen LogP contribution in [0.2, 0.25) is 0 Å². The summed E-state index contributed by atoms with van der Waals surface area (Å²) in [6, 6.07) is 4.78. The second kappa shape index (κ2) is 7.04. The molecule has 2 rings (SSSR count). The van der Waals surface area contributed by atoms with Crippen LogP contribution in [-0.2, 0) is 0 Å². The molecule has 4 heteroatoms. The molecule has 1 aromatic carbocycles. The molecule has 0 unspecified atom stereocenters. The molecular weight excluding hydrogens is 257 g/mol. The van der Waals surface area contributed by atoms with Crippen molar-refractivity contribution in [3.63, 3.8) is 0 Å². The largest absolute Gasteiger partial charge is 0.487 e. The standard InChI is InChI=1S/C16H24FNO2/c1-3-18(4-2)10-9-15(19)12-5-8-16(14(17)11-12)20-13-6-7-13/h5,8,11,13,15,19H,3-4,6-7,9-10H2,1-2H3/t15-/m0/s1. The minimum absolute atomic E-state index is 0.183. The fraction of sp³-hybridized carbons (Fsp3) is 0.625. The van der Waals surface area contributed by atoms with Gasteiger partial charge in [0, 0.05) is 6.54 Å². The SMILES string of the molecule is CCN(CC)CC[C@H](O)c1ccc(OC2CC2)c(F)c1. The van der Waals surface area contributed by atoms with Crippen molar-refractivity contribution in [2.75, 3.05) is 19.6 Å². The molecule has 1 saturated carbocycles. The highest BCUT2D eigenvalue weighted by Crippen LogP contribution is 2.30. The molecule has 1 aliphatic carbocycles. The third-order valence-corrected chi connectivity index (χ3v) is 3.77. The van der Waals surface area contributed by atoms with Crippen LogP contribution in [0.15, 0.2) is 18.2 Å². The number of benzene rings is 1.